The van der Waals surface area contributed by atoms with Crippen LogP contribution in [0.15, 0.2) is 6.07 Å². The van der Waals surface area contributed by atoms with E-state index in [-0.39, 0.29) is 0 Å². The highest BCUT2D eigenvalue weighted by atomic mass is 32.2. The molecule has 1 aromatic heterocycles. The van der Waals surface area contributed by atoms with E-state index in [2.05, 4.69) is 24.8 Å². The predicted molar refractivity (Wildman–Crippen MR) is 68.4 cm³/mol. The molecule has 0 amide bonds. The lowest BCUT2D eigenvalue weighted by Crippen LogP contribution is -2.05. The Morgan fingerprint density at radius 2 is 2.20 bits per heavy atom. The number of rotatable bonds is 3. The van der Waals surface area contributed by atoms with Gasteiger partial charge in [-0.1, -0.05) is 6.92 Å². The van der Waals surface area contributed by atoms with Gasteiger partial charge in [-0.3, -0.25) is 4.79 Å². The summed E-state index contributed by atoms with van der Waals surface area (Å²) < 4.78 is 0. The fourth-order valence-electron chi connectivity index (χ4n) is 2.02. The third-order valence-electron chi connectivity index (χ3n) is 2.93. The Kier molecular flexibility index (Phi) is 3.87. The minimum Gasteiger partial charge on any atom is -0.298 e. The van der Waals surface area contributed by atoms with Crippen molar-refractivity contribution in [3.8, 4) is 0 Å². The molecule has 0 radical (unpaired) electrons. The molecule has 1 fully saturated rings. The average Bonchev–Trinajstić information content (AvgIpc) is 2.73. The van der Waals surface area contributed by atoms with Gasteiger partial charge in [-0.2, -0.15) is 11.8 Å². The highest BCUT2D eigenvalue weighted by molar-refractivity contribution is 7.99. The molecule has 0 atom stereocenters. The van der Waals surface area contributed by atoms with Crippen LogP contribution in [0.1, 0.15) is 45.8 Å². The predicted octanol–water partition coefficient (Wildman–Crippen LogP) is 3.73. The molecular weight excluding hydrogens is 224 g/mol. The van der Waals surface area contributed by atoms with Gasteiger partial charge in [-0.25, -0.2) is 0 Å². The van der Waals surface area contributed by atoms with E-state index < -0.39 is 0 Å². The fraction of sp³-hybridized carbons (Fsp3) is 0.583. The Balaban J connectivity index is 2.19. The maximum Gasteiger partial charge on any atom is 0.151 e. The van der Waals surface area contributed by atoms with Crippen LogP contribution in [0.4, 0.5) is 0 Å². The quantitative estimate of drug-likeness (QED) is 0.749. The number of thioether (sulfide) groups is 1. The largest absolute Gasteiger partial charge is 0.298 e. The molecule has 15 heavy (non-hydrogen) atoms. The molecule has 2 heterocycles. The van der Waals surface area contributed by atoms with E-state index in [1.165, 1.54) is 34.1 Å². The summed E-state index contributed by atoms with van der Waals surface area (Å²) in [6.07, 6.45) is 4.57. The number of hydrogen-bond acceptors (Lipinski definition) is 3. The molecule has 0 bridgehead atoms. The maximum atomic E-state index is 10.9. The zero-order valence-electron chi connectivity index (χ0n) is 8.99. The van der Waals surface area contributed by atoms with Crippen molar-refractivity contribution in [3.63, 3.8) is 0 Å². The van der Waals surface area contributed by atoms with Crippen LogP contribution < -0.4 is 0 Å². The van der Waals surface area contributed by atoms with Crippen LogP contribution >= 0.6 is 23.1 Å². The Morgan fingerprint density at radius 1 is 1.47 bits per heavy atom. The van der Waals surface area contributed by atoms with E-state index in [9.17, 15) is 4.79 Å². The van der Waals surface area contributed by atoms with E-state index in [0.717, 1.165) is 24.2 Å². The van der Waals surface area contributed by atoms with Gasteiger partial charge in [0, 0.05) is 15.3 Å². The van der Waals surface area contributed by atoms with Crippen molar-refractivity contribution < 1.29 is 4.79 Å². The number of carbonyl (C=O) groups is 1. The van der Waals surface area contributed by atoms with Crippen LogP contribution in [0.25, 0.3) is 0 Å². The van der Waals surface area contributed by atoms with Crippen LogP contribution in [0.2, 0.25) is 0 Å². The highest BCUT2D eigenvalue weighted by Gasteiger charge is 2.19. The second kappa shape index (κ2) is 5.17. The number of thiophene rings is 1. The Labute approximate surface area is 99.3 Å². The molecular formula is C12H16OS2. The van der Waals surface area contributed by atoms with Crippen LogP contribution in [-0.2, 0) is 6.42 Å². The summed E-state index contributed by atoms with van der Waals surface area (Å²) in [6.45, 7) is 2.12. The van der Waals surface area contributed by atoms with Gasteiger partial charge < -0.3 is 0 Å². The van der Waals surface area contributed by atoms with Crippen molar-refractivity contribution in [2.24, 2.45) is 0 Å². The lowest BCUT2D eigenvalue weighted by atomic mass is 10.0. The molecule has 0 aromatic carbocycles. The lowest BCUT2D eigenvalue weighted by Gasteiger charge is -2.19. The standard InChI is InChI=1S/C12H16OS2/c1-2-11-10(8-13)7-12(15-11)9-3-5-14-6-4-9/h7-9H,2-6H2,1H3. The normalized spacial score (nSPS) is 17.9. The number of carbonyl (C=O) groups excluding carboxylic acids is 1. The van der Waals surface area contributed by atoms with Gasteiger partial charge >= 0.3 is 0 Å². The molecule has 1 aromatic rings. The van der Waals surface area contributed by atoms with Crippen molar-refractivity contribution in [1.29, 1.82) is 0 Å². The molecule has 1 nitrogen and oxygen atoms in total. The highest BCUT2D eigenvalue weighted by Crippen LogP contribution is 2.36. The summed E-state index contributed by atoms with van der Waals surface area (Å²) in [7, 11) is 0. The third kappa shape index (κ3) is 2.45. The lowest BCUT2D eigenvalue weighted by molar-refractivity contribution is 0.112. The minimum atomic E-state index is 0.718. The maximum absolute atomic E-state index is 10.9. The second-order valence-corrected chi connectivity index (χ2v) is 6.28. The van der Waals surface area contributed by atoms with Gasteiger partial charge in [-0.15, -0.1) is 11.3 Å². The van der Waals surface area contributed by atoms with Crippen LogP contribution in [0, 0.1) is 0 Å². The molecule has 1 aliphatic heterocycles. The van der Waals surface area contributed by atoms with Gasteiger partial charge in [0.05, 0.1) is 0 Å². The van der Waals surface area contributed by atoms with Gasteiger partial charge in [0.1, 0.15) is 0 Å². The summed E-state index contributed by atoms with van der Waals surface area (Å²) in [5.41, 5.74) is 0.927. The van der Waals surface area contributed by atoms with Crippen molar-refractivity contribution >= 4 is 29.4 Å². The summed E-state index contributed by atoms with van der Waals surface area (Å²) >= 11 is 3.90. The number of hydrogen-bond donors (Lipinski definition) is 0. The Morgan fingerprint density at radius 3 is 2.73 bits per heavy atom. The van der Waals surface area contributed by atoms with Crippen molar-refractivity contribution in [2.45, 2.75) is 32.1 Å². The second-order valence-electron chi connectivity index (χ2n) is 3.89. The molecule has 2 rings (SSSR count). The first-order valence-corrected chi connectivity index (χ1v) is 7.47. The van der Waals surface area contributed by atoms with Gasteiger partial charge in [0.15, 0.2) is 6.29 Å². The molecule has 0 saturated carbocycles. The Hall–Kier alpha value is -0.280. The van der Waals surface area contributed by atoms with Crippen LogP contribution in [0.3, 0.4) is 0 Å². The SMILES string of the molecule is CCc1sc(C2CCSCC2)cc1C=O. The first-order valence-electron chi connectivity index (χ1n) is 5.50. The van der Waals surface area contributed by atoms with E-state index in [0.29, 0.717) is 0 Å². The van der Waals surface area contributed by atoms with Gasteiger partial charge in [0.25, 0.3) is 0 Å². The van der Waals surface area contributed by atoms with Crippen molar-refractivity contribution in [3.05, 3.63) is 21.4 Å². The van der Waals surface area contributed by atoms with Gasteiger partial charge in [-0.05, 0) is 42.8 Å². The van der Waals surface area contributed by atoms with E-state index in [4.69, 9.17) is 0 Å². The smallest absolute Gasteiger partial charge is 0.151 e. The topological polar surface area (TPSA) is 17.1 Å². The average molecular weight is 240 g/mol. The molecule has 1 aliphatic rings. The summed E-state index contributed by atoms with van der Waals surface area (Å²) in [5, 5.41) is 0. The molecule has 0 spiro atoms. The van der Waals surface area contributed by atoms with Crippen molar-refractivity contribution in [2.75, 3.05) is 11.5 Å². The zero-order valence-corrected chi connectivity index (χ0v) is 10.6. The monoisotopic (exact) mass is 240 g/mol. The molecule has 0 N–H and O–H groups in total. The van der Waals surface area contributed by atoms with E-state index in [1.807, 2.05) is 11.3 Å². The van der Waals surface area contributed by atoms with E-state index >= 15 is 0 Å². The number of aryl methyl sites for hydroxylation is 1. The molecule has 0 unspecified atom stereocenters. The molecule has 0 aliphatic carbocycles. The number of aldehydes is 1. The summed E-state index contributed by atoms with van der Waals surface area (Å²) in [5.74, 6) is 3.27. The summed E-state index contributed by atoms with van der Waals surface area (Å²) in [4.78, 5) is 13.6. The fourth-order valence-corrected chi connectivity index (χ4v) is 4.37. The first kappa shape index (κ1) is 11.2. The zero-order chi connectivity index (χ0) is 10.7. The van der Waals surface area contributed by atoms with Gasteiger partial charge in [0.2, 0.25) is 0 Å². The van der Waals surface area contributed by atoms with E-state index in [1.54, 1.807) is 0 Å². The third-order valence-corrected chi connectivity index (χ3v) is 5.44. The Bertz CT molecular complexity index is 337. The summed E-state index contributed by atoms with van der Waals surface area (Å²) in [6, 6.07) is 2.12. The van der Waals surface area contributed by atoms with Crippen LogP contribution in [-0.4, -0.2) is 17.8 Å². The molecule has 1 saturated heterocycles. The minimum absolute atomic E-state index is 0.718. The molecule has 82 valence electrons. The first-order chi connectivity index (χ1) is 7.35. The van der Waals surface area contributed by atoms with Crippen LogP contribution in [0.5, 0.6) is 0 Å². The molecule has 3 heteroatoms. The van der Waals surface area contributed by atoms with Crippen molar-refractivity contribution in [1.82, 2.24) is 0 Å².